The van der Waals surface area contributed by atoms with Crippen LogP contribution < -0.4 is 5.73 Å². The third kappa shape index (κ3) is 3.56. The second kappa shape index (κ2) is 6.68. The summed E-state index contributed by atoms with van der Waals surface area (Å²) in [5.41, 5.74) is 9.22. The van der Waals surface area contributed by atoms with E-state index in [-0.39, 0.29) is 5.75 Å². The van der Waals surface area contributed by atoms with E-state index in [0.29, 0.717) is 18.5 Å². The molecular formula is C17H17NO2. The van der Waals surface area contributed by atoms with Crippen LogP contribution >= 0.6 is 0 Å². The van der Waals surface area contributed by atoms with Gasteiger partial charge in [0.1, 0.15) is 12.0 Å². The van der Waals surface area contributed by atoms with Crippen molar-refractivity contribution in [3.63, 3.8) is 0 Å². The van der Waals surface area contributed by atoms with E-state index in [9.17, 15) is 9.90 Å². The third-order valence-corrected chi connectivity index (χ3v) is 3.11. The van der Waals surface area contributed by atoms with Gasteiger partial charge in [-0.15, -0.1) is 0 Å². The normalized spacial score (nSPS) is 11.3. The zero-order chi connectivity index (χ0) is 14.4. The van der Waals surface area contributed by atoms with E-state index in [1.54, 1.807) is 24.3 Å². The number of hydrogen-bond acceptors (Lipinski definition) is 3. The summed E-state index contributed by atoms with van der Waals surface area (Å²) in [4.78, 5) is 11.2. The molecule has 0 unspecified atom stereocenters. The number of allylic oxidation sites excluding steroid dienone is 2. The summed E-state index contributed by atoms with van der Waals surface area (Å²) in [6.45, 7) is 0.510. The quantitative estimate of drug-likeness (QED) is 0.646. The van der Waals surface area contributed by atoms with E-state index in [4.69, 9.17) is 5.73 Å². The van der Waals surface area contributed by atoms with Crippen LogP contribution in [0.5, 0.6) is 5.75 Å². The Bertz CT molecular complexity index is 615. The molecule has 0 aliphatic rings. The van der Waals surface area contributed by atoms with E-state index in [1.165, 1.54) is 0 Å². The molecule has 0 saturated carbocycles. The predicted molar refractivity (Wildman–Crippen MR) is 80.2 cm³/mol. The van der Waals surface area contributed by atoms with E-state index >= 15 is 0 Å². The summed E-state index contributed by atoms with van der Waals surface area (Å²) in [6.07, 6.45) is 3.39. The fraction of sp³-hybridized carbons (Fsp3) is 0.118. The molecule has 2 aromatic carbocycles. The number of carbonyl (C=O) groups is 1. The molecule has 0 amide bonds. The first kappa shape index (κ1) is 14.0. The molecule has 3 nitrogen and oxygen atoms in total. The highest BCUT2D eigenvalue weighted by Gasteiger charge is 2.01. The minimum Gasteiger partial charge on any atom is -0.508 e. The summed E-state index contributed by atoms with van der Waals surface area (Å²) in [7, 11) is 0. The second-order valence-corrected chi connectivity index (χ2v) is 4.55. The minimum atomic E-state index is 0.189. The zero-order valence-electron chi connectivity index (χ0n) is 11.1. The van der Waals surface area contributed by atoms with Gasteiger partial charge in [0.15, 0.2) is 0 Å². The Morgan fingerprint density at radius 3 is 2.45 bits per heavy atom. The monoisotopic (exact) mass is 267 g/mol. The Kier molecular flexibility index (Phi) is 4.69. The average molecular weight is 267 g/mol. The molecule has 0 aromatic heterocycles. The number of aldehydes is 1. The van der Waals surface area contributed by atoms with Crippen molar-refractivity contribution in [3.8, 4) is 5.75 Å². The van der Waals surface area contributed by atoms with Gasteiger partial charge in [0.2, 0.25) is 0 Å². The topological polar surface area (TPSA) is 63.3 Å². The molecule has 0 fully saturated rings. The molecule has 3 N–H and O–H groups in total. The molecule has 0 radical (unpaired) electrons. The van der Waals surface area contributed by atoms with Crippen LogP contribution in [-0.2, 0) is 17.8 Å². The molecular weight excluding hydrogens is 250 g/mol. The van der Waals surface area contributed by atoms with Crippen LogP contribution in [0.2, 0.25) is 0 Å². The van der Waals surface area contributed by atoms with Crippen molar-refractivity contribution in [1.29, 1.82) is 0 Å². The highest BCUT2D eigenvalue weighted by Crippen LogP contribution is 2.17. The zero-order valence-corrected chi connectivity index (χ0v) is 11.1. The number of phenols is 1. The highest BCUT2D eigenvalue weighted by atomic mass is 16.3. The first-order valence-electron chi connectivity index (χ1n) is 6.45. The van der Waals surface area contributed by atoms with Crippen molar-refractivity contribution in [3.05, 3.63) is 71.3 Å². The molecule has 0 spiro atoms. The van der Waals surface area contributed by atoms with Gasteiger partial charge in [-0.25, -0.2) is 0 Å². The van der Waals surface area contributed by atoms with Gasteiger partial charge in [0.25, 0.3) is 0 Å². The summed E-state index contributed by atoms with van der Waals surface area (Å²) in [6, 6.07) is 14.6. The standard InChI is InChI=1S/C17H17NO2/c18-11-14-3-1-2-13(10-14)4-5-16(12-19)15-6-8-17(20)9-7-15/h1-3,5-10,12,20H,4,11,18H2. The largest absolute Gasteiger partial charge is 0.508 e. The van der Waals surface area contributed by atoms with Gasteiger partial charge in [0.05, 0.1) is 0 Å². The van der Waals surface area contributed by atoms with Crippen molar-refractivity contribution in [1.82, 2.24) is 0 Å². The molecule has 2 rings (SSSR count). The van der Waals surface area contributed by atoms with Gasteiger partial charge < -0.3 is 10.8 Å². The molecule has 0 heterocycles. The molecule has 3 heteroatoms. The van der Waals surface area contributed by atoms with Crippen LogP contribution in [0.1, 0.15) is 16.7 Å². The predicted octanol–water partition coefficient (Wildman–Crippen LogP) is 2.68. The lowest BCUT2D eigenvalue weighted by atomic mass is 10.0. The van der Waals surface area contributed by atoms with E-state index in [2.05, 4.69) is 0 Å². The minimum absolute atomic E-state index is 0.189. The van der Waals surface area contributed by atoms with Crippen LogP contribution in [-0.4, -0.2) is 11.4 Å². The maximum atomic E-state index is 11.2. The molecule has 0 aliphatic heterocycles. The number of rotatable bonds is 5. The number of hydrogen-bond donors (Lipinski definition) is 2. The molecule has 0 saturated heterocycles. The molecule has 2 aromatic rings. The molecule has 102 valence electrons. The Hall–Kier alpha value is -2.39. The lowest BCUT2D eigenvalue weighted by Gasteiger charge is -2.03. The van der Waals surface area contributed by atoms with Gasteiger partial charge in [0, 0.05) is 12.1 Å². The van der Waals surface area contributed by atoms with E-state index < -0.39 is 0 Å². The van der Waals surface area contributed by atoms with Gasteiger partial charge in [-0.2, -0.15) is 0 Å². The van der Waals surface area contributed by atoms with Gasteiger partial charge in [-0.1, -0.05) is 42.5 Å². The van der Waals surface area contributed by atoms with Crippen molar-refractivity contribution in [2.24, 2.45) is 5.73 Å². The Balaban J connectivity index is 2.18. The van der Waals surface area contributed by atoms with Crippen molar-refractivity contribution >= 4 is 11.9 Å². The SMILES string of the molecule is NCc1cccc(CC=C(C=O)c2ccc(O)cc2)c1. The van der Waals surface area contributed by atoms with Gasteiger partial charge in [-0.3, -0.25) is 4.79 Å². The maximum absolute atomic E-state index is 11.2. The van der Waals surface area contributed by atoms with Crippen LogP contribution in [0.3, 0.4) is 0 Å². The average Bonchev–Trinajstić information content (AvgIpc) is 2.50. The number of aromatic hydroxyl groups is 1. The van der Waals surface area contributed by atoms with Crippen molar-refractivity contribution in [2.45, 2.75) is 13.0 Å². The van der Waals surface area contributed by atoms with Crippen LogP contribution in [0.4, 0.5) is 0 Å². The van der Waals surface area contributed by atoms with Crippen LogP contribution in [0.15, 0.2) is 54.6 Å². The molecule has 0 aliphatic carbocycles. The summed E-state index contributed by atoms with van der Waals surface area (Å²) in [5.74, 6) is 0.189. The maximum Gasteiger partial charge on any atom is 0.150 e. The van der Waals surface area contributed by atoms with E-state index in [1.807, 2.05) is 30.3 Å². The summed E-state index contributed by atoms with van der Waals surface area (Å²) in [5, 5.41) is 9.26. The van der Waals surface area contributed by atoms with Crippen molar-refractivity contribution in [2.75, 3.05) is 0 Å². The smallest absolute Gasteiger partial charge is 0.150 e. The first-order valence-corrected chi connectivity index (χ1v) is 6.45. The fourth-order valence-corrected chi connectivity index (χ4v) is 2.00. The fourth-order valence-electron chi connectivity index (χ4n) is 2.00. The lowest BCUT2D eigenvalue weighted by molar-refractivity contribution is -0.103. The highest BCUT2D eigenvalue weighted by molar-refractivity contribution is 6.06. The molecule has 0 bridgehead atoms. The van der Waals surface area contributed by atoms with Crippen LogP contribution in [0, 0.1) is 0 Å². The molecule has 20 heavy (non-hydrogen) atoms. The Morgan fingerprint density at radius 2 is 1.80 bits per heavy atom. The summed E-state index contributed by atoms with van der Waals surface area (Å²) >= 11 is 0. The Labute approximate surface area is 118 Å². The number of benzene rings is 2. The summed E-state index contributed by atoms with van der Waals surface area (Å²) < 4.78 is 0. The second-order valence-electron chi connectivity index (χ2n) is 4.55. The van der Waals surface area contributed by atoms with Gasteiger partial charge >= 0.3 is 0 Å². The Morgan fingerprint density at radius 1 is 1.10 bits per heavy atom. The van der Waals surface area contributed by atoms with Crippen LogP contribution in [0.25, 0.3) is 5.57 Å². The number of phenolic OH excluding ortho intramolecular Hbond substituents is 1. The third-order valence-electron chi connectivity index (χ3n) is 3.11. The number of nitrogens with two attached hydrogens (primary N) is 1. The van der Waals surface area contributed by atoms with Gasteiger partial charge in [-0.05, 0) is 35.2 Å². The van der Waals surface area contributed by atoms with E-state index in [0.717, 1.165) is 23.0 Å². The number of carbonyl (C=O) groups excluding carboxylic acids is 1. The lowest BCUT2D eigenvalue weighted by Crippen LogP contribution is -1.96. The molecule has 0 atom stereocenters. The first-order chi connectivity index (χ1) is 9.72. The van der Waals surface area contributed by atoms with Crippen molar-refractivity contribution < 1.29 is 9.90 Å².